The van der Waals surface area contributed by atoms with Gasteiger partial charge in [0.25, 0.3) is 0 Å². The Hall–Kier alpha value is -1.02. The SMILES string of the molecule is CNC(c1ccc(Cl)c(Cl)c1)c1c(C)cccc1C. The summed E-state index contributed by atoms with van der Waals surface area (Å²) >= 11 is 12.1. The minimum atomic E-state index is 0.121. The number of halogens is 2. The van der Waals surface area contributed by atoms with E-state index in [1.54, 1.807) is 0 Å². The zero-order valence-corrected chi connectivity index (χ0v) is 12.8. The zero-order chi connectivity index (χ0) is 14.0. The Morgan fingerprint density at radius 3 is 2.11 bits per heavy atom. The molecular weight excluding hydrogens is 277 g/mol. The van der Waals surface area contributed by atoms with Crippen LogP contribution in [0.2, 0.25) is 10.0 Å². The Kier molecular flexibility index (Phi) is 4.51. The second-order valence-corrected chi connectivity index (χ2v) is 5.52. The summed E-state index contributed by atoms with van der Waals surface area (Å²) in [6, 6.07) is 12.2. The van der Waals surface area contributed by atoms with Gasteiger partial charge in [0.15, 0.2) is 0 Å². The molecule has 2 aromatic rings. The van der Waals surface area contributed by atoms with Gasteiger partial charge in [-0.2, -0.15) is 0 Å². The molecule has 1 N–H and O–H groups in total. The quantitative estimate of drug-likeness (QED) is 0.847. The first-order valence-electron chi connectivity index (χ1n) is 6.23. The molecule has 19 heavy (non-hydrogen) atoms. The second-order valence-electron chi connectivity index (χ2n) is 4.70. The molecule has 0 aliphatic carbocycles. The van der Waals surface area contributed by atoms with Gasteiger partial charge < -0.3 is 5.32 Å². The van der Waals surface area contributed by atoms with Gasteiger partial charge in [-0.1, -0.05) is 47.5 Å². The Labute approximate surface area is 124 Å². The van der Waals surface area contributed by atoms with Crippen LogP contribution in [0.5, 0.6) is 0 Å². The van der Waals surface area contributed by atoms with Crippen LogP contribution in [0.3, 0.4) is 0 Å². The normalized spacial score (nSPS) is 12.5. The predicted octanol–water partition coefficient (Wildman–Crippen LogP) is 4.92. The summed E-state index contributed by atoms with van der Waals surface area (Å²) < 4.78 is 0. The van der Waals surface area contributed by atoms with Crippen LogP contribution in [0.4, 0.5) is 0 Å². The van der Waals surface area contributed by atoms with Crippen LogP contribution in [0.25, 0.3) is 0 Å². The Morgan fingerprint density at radius 1 is 0.947 bits per heavy atom. The third-order valence-corrected chi connectivity index (χ3v) is 4.14. The lowest BCUT2D eigenvalue weighted by atomic mass is 9.91. The van der Waals surface area contributed by atoms with E-state index >= 15 is 0 Å². The van der Waals surface area contributed by atoms with Gasteiger partial charge in [0.05, 0.1) is 16.1 Å². The molecule has 0 heterocycles. The maximum Gasteiger partial charge on any atom is 0.0595 e. The minimum Gasteiger partial charge on any atom is -0.309 e. The van der Waals surface area contributed by atoms with E-state index in [2.05, 4.69) is 37.4 Å². The van der Waals surface area contributed by atoms with Crippen molar-refractivity contribution in [3.05, 3.63) is 68.7 Å². The van der Waals surface area contributed by atoms with Gasteiger partial charge >= 0.3 is 0 Å². The second kappa shape index (κ2) is 5.96. The first-order chi connectivity index (χ1) is 9.04. The average molecular weight is 294 g/mol. The third kappa shape index (κ3) is 2.94. The molecule has 0 radical (unpaired) electrons. The minimum absolute atomic E-state index is 0.121. The number of hydrogen-bond acceptors (Lipinski definition) is 1. The molecule has 0 bridgehead atoms. The van der Waals surface area contributed by atoms with Crippen LogP contribution in [-0.2, 0) is 0 Å². The van der Waals surface area contributed by atoms with E-state index in [9.17, 15) is 0 Å². The largest absolute Gasteiger partial charge is 0.309 e. The van der Waals surface area contributed by atoms with Crippen molar-refractivity contribution in [2.75, 3.05) is 7.05 Å². The lowest BCUT2D eigenvalue weighted by molar-refractivity contribution is 0.683. The lowest BCUT2D eigenvalue weighted by Crippen LogP contribution is -2.19. The van der Waals surface area contributed by atoms with Gasteiger partial charge in [-0.05, 0) is 55.3 Å². The van der Waals surface area contributed by atoms with Gasteiger partial charge in [0.1, 0.15) is 0 Å². The highest BCUT2D eigenvalue weighted by molar-refractivity contribution is 6.42. The van der Waals surface area contributed by atoms with Crippen LogP contribution < -0.4 is 5.32 Å². The smallest absolute Gasteiger partial charge is 0.0595 e. The molecular formula is C16H17Cl2N. The van der Waals surface area contributed by atoms with E-state index < -0.39 is 0 Å². The number of benzene rings is 2. The number of hydrogen-bond donors (Lipinski definition) is 1. The summed E-state index contributed by atoms with van der Waals surface area (Å²) in [7, 11) is 1.96. The fourth-order valence-electron chi connectivity index (χ4n) is 2.45. The topological polar surface area (TPSA) is 12.0 Å². The molecule has 0 aliphatic heterocycles. The highest BCUT2D eigenvalue weighted by Gasteiger charge is 2.17. The number of nitrogens with one attached hydrogen (secondary N) is 1. The summed E-state index contributed by atoms with van der Waals surface area (Å²) in [5, 5.41) is 4.53. The Bertz CT molecular complexity index is 573. The molecule has 2 aromatic carbocycles. The fourth-order valence-corrected chi connectivity index (χ4v) is 2.76. The molecule has 0 spiro atoms. The zero-order valence-electron chi connectivity index (χ0n) is 11.3. The maximum atomic E-state index is 6.12. The molecule has 100 valence electrons. The Morgan fingerprint density at radius 2 is 1.58 bits per heavy atom. The van der Waals surface area contributed by atoms with Crippen molar-refractivity contribution in [3.8, 4) is 0 Å². The van der Waals surface area contributed by atoms with Gasteiger partial charge in [-0.3, -0.25) is 0 Å². The van der Waals surface area contributed by atoms with Crippen molar-refractivity contribution in [1.29, 1.82) is 0 Å². The van der Waals surface area contributed by atoms with Gasteiger partial charge in [0, 0.05) is 0 Å². The van der Waals surface area contributed by atoms with E-state index in [1.165, 1.54) is 16.7 Å². The van der Waals surface area contributed by atoms with Crippen molar-refractivity contribution in [2.45, 2.75) is 19.9 Å². The van der Waals surface area contributed by atoms with Crippen LogP contribution >= 0.6 is 23.2 Å². The van der Waals surface area contributed by atoms with E-state index in [4.69, 9.17) is 23.2 Å². The van der Waals surface area contributed by atoms with Crippen molar-refractivity contribution >= 4 is 23.2 Å². The number of rotatable bonds is 3. The summed E-state index contributed by atoms with van der Waals surface area (Å²) in [4.78, 5) is 0. The van der Waals surface area contributed by atoms with Gasteiger partial charge in [-0.15, -0.1) is 0 Å². The maximum absolute atomic E-state index is 6.12. The molecule has 0 amide bonds. The highest BCUT2D eigenvalue weighted by Crippen LogP contribution is 2.31. The first kappa shape index (κ1) is 14.4. The van der Waals surface area contributed by atoms with Crippen molar-refractivity contribution in [1.82, 2.24) is 5.32 Å². The monoisotopic (exact) mass is 293 g/mol. The predicted molar refractivity (Wildman–Crippen MR) is 83.3 cm³/mol. The molecule has 0 saturated carbocycles. The molecule has 0 aromatic heterocycles. The highest BCUT2D eigenvalue weighted by atomic mass is 35.5. The van der Waals surface area contributed by atoms with Crippen LogP contribution in [0.15, 0.2) is 36.4 Å². The summed E-state index contributed by atoms with van der Waals surface area (Å²) in [5.74, 6) is 0. The molecule has 1 atom stereocenters. The van der Waals surface area contributed by atoms with E-state index in [0.29, 0.717) is 10.0 Å². The van der Waals surface area contributed by atoms with Gasteiger partial charge in [0.2, 0.25) is 0 Å². The summed E-state index contributed by atoms with van der Waals surface area (Å²) in [6.07, 6.45) is 0. The average Bonchev–Trinajstić information content (AvgIpc) is 2.37. The molecule has 1 unspecified atom stereocenters. The Balaban J connectivity index is 2.53. The van der Waals surface area contributed by atoms with E-state index in [0.717, 1.165) is 5.56 Å². The van der Waals surface area contributed by atoms with Crippen LogP contribution in [-0.4, -0.2) is 7.05 Å². The fraction of sp³-hybridized carbons (Fsp3) is 0.250. The molecule has 3 heteroatoms. The molecule has 0 fully saturated rings. The van der Waals surface area contributed by atoms with Crippen LogP contribution in [0.1, 0.15) is 28.3 Å². The first-order valence-corrected chi connectivity index (χ1v) is 6.98. The molecule has 2 rings (SSSR count). The summed E-state index contributed by atoms with van der Waals surface area (Å²) in [5.41, 5.74) is 4.95. The van der Waals surface area contributed by atoms with Crippen molar-refractivity contribution in [3.63, 3.8) is 0 Å². The van der Waals surface area contributed by atoms with E-state index in [1.807, 2.05) is 25.2 Å². The van der Waals surface area contributed by atoms with Crippen molar-refractivity contribution in [2.24, 2.45) is 0 Å². The molecule has 1 nitrogen and oxygen atoms in total. The molecule has 0 aliphatic rings. The standard InChI is InChI=1S/C16H17Cl2N/c1-10-5-4-6-11(2)15(10)16(19-3)12-7-8-13(17)14(18)9-12/h4-9,16,19H,1-3H3. The van der Waals surface area contributed by atoms with Crippen molar-refractivity contribution < 1.29 is 0 Å². The van der Waals surface area contributed by atoms with Gasteiger partial charge in [-0.25, -0.2) is 0 Å². The molecule has 0 saturated heterocycles. The third-order valence-electron chi connectivity index (χ3n) is 3.40. The van der Waals surface area contributed by atoms with Crippen LogP contribution in [0, 0.1) is 13.8 Å². The summed E-state index contributed by atoms with van der Waals surface area (Å²) in [6.45, 7) is 4.26. The number of aryl methyl sites for hydroxylation is 2. The van der Waals surface area contributed by atoms with E-state index in [-0.39, 0.29) is 6.04 Å². The lowest BCUT2D eigenvalue weighted by Gasteiger charge is -2.22.